The Hall–Kier alpha value is -3.60. The number of hydrogen-bond acceptors (Lipinski definition) is 6. The summed E-state index contributed by atoms with van der Waals surface area (Å²) in [6.07, 6.45) is 3.33. The first-order valence-electron chi connectivity index (χ1n) is 11.4. The molecule has 5 rings (SSSR count). The van der Waals surface area contributed by atoms with E-state index in [0.29, 0.717) is 49.0 Å². The Bertz CT molecular complexity index is 1310. The first kappa shape index (κ1) is 22.2. The van der Waals surface area contributed by atoms with Gasteiger partial charge in [-0.15, -0.1) is 0 Å². The second-order valence-corrected chi connectivity index (χ2v) is 8.63. The lowest BCUT2D eigenvalue weighted by molar-refractivity contribution is -0.116. The molecule has 2 aliphatic heterocycles. The van der Waals surface area contributed by atoms with Crippen molar-refractivity contribution in [1.82, 2.24) is 24.1 Å². The molecule has 3 aromatic rings. The number of nitrogens with one attached hydrogen (secondary N) is 1. The summed E-state index contributed by atoms with van der Waals surface area (Å²) in [5.41, 5.74) is 1.27. The molecule has 2 aliphatic rings. The van der Waals surface area contributed by atoms with Gasteiger partial charge in [0.2, 0.25) is 5.91 Å². The van der Waals surface area contributed by atoms with Crippen LogP contribution in [0.1, 0.15) is 41.5 Å². The molecule has 0 saturated carbocycles. The Balaban J connectivity index is 1.50. The van der Waals surface area contributed by atoms with Crippen LogP contribution in [0.2, 0.25) is 0 Å². The van der Waals surface area contributed by atoms with E-state index in [0.717, 1.165) is 19.0 Å². The normalized spacial score (nSPS) is 16.3. The SMILES string of the molecule is CCc1cc2n(CC(=O)Nc3ccc(F)cn3)c3c(c(=O)n2n1)CN(CC1CCOCC1)C3=O. The van der Waals surface area contributed by atoms with Crippen LogP contribution in [0.3, 0.4) is 0 Å². The predicted molar refractivity (Wildman–Crippen MR) is 120 cm³/mol. The molecule has 0 spiro atoms. The van der Waals surface area contributed by atoms with E-state index in [9.17, 15) is 18.8 Å². The fraction of sp³-hybridized carbons (Fsp3) is 0.435. The van der Waals surface area contributed by atoms with E-state index in [1.165, 1.54) is 16.6 Å². The number of rotatable bonds is 6. The van der Waals surface area contributed by atoms with Crippen molar-refractivity contribution in [1.29, 1.82) is 0 Å². The summed E-state index contributed by atoms with van der Waals surface area (Å²) < 4.78 is 21.4. The van der Waals surface area contributed by atoms with Crippen LogP contribution in [0.4, 0.5) is 10.2 Å². The van der Waals surface area contributed by atoms with Gasteiger partial charge in [-0.2, -0.15) is 9.61 Å². The number of ether oxygens (including phenoxy) is 1. The highest BCUT2D eigenvalue weighted by molar-refractivity contribution is 5.98. The van der Waals surface area contributed by atoms with E-state index < -0.39 is 11.7 Å². The van der Waals surface area contributed by atoms with Crippen molar-refractivity contribution < 1.29 is 18.7 Å². The molecule has 2 amide bonds. The first-order chi connectivity index (χ1) is 16.4. The number of pyridine rings is 1. The number of aromatic nitrogens is 4. The summed E-state index contributed by atoms with van der Waals surface area (Å²) >= 11 is 0. The molecule has 1 saturated heterocycles. The molecule has 0 radical (unpaired) electrons. The molecule has 0 atom stereocenters. The predicted octanol–water partition coefficient (Wildman–Crippen LogP) is 1.61. The molecule has 10 nitrogen and oxygen atoms in total. The Morgan fingerprint density at radius 1 is 1.26 bits per heavy atom. The first-order valence-corrected chi connectivity index (χ1v) is 11.4. The molecule has 11 heteroatoms. The van der Waals surface area contributed by atoms with Crippen molar-refractivity contribution in [3.63, 3.8) is 0 Å². The summed E-state index contributed by atoms with van der Waals surface area (Å²) in [6.45, 7) is 3.73. The van der Waals surface area contributed by atoms with E-state index in [1.54, 1.807) is 15.5 Å². The molecule has 0 aromatic carbocycles. The van der Waals surface area contributed by atoms with Crippen LogP contribution in [0.15, 0.2) is 29.2 Å². The summed E-state index contributed by atoms with van der Waals surface area (Å²) in [5.74, 6) is -0.746. The van der Waals surface area contributed by atoms with E-state index >= 15 is 0 Å². The van der Waals surface area contributed by atoms with E-state index in [2.05, 4.69) is 15.4 Å². The Morgan fingerprint density at radius 2 is 2.06 bits per heavy atom. The van der Waals surface area contributed by atoms with Crippen molar-refractivity contribution in [2.75, 3.05) is 25.1 Å². The zero-order valence-corrected chi connectivity index (χ0v) is 18.8. The third-order valence-electron chi connectivity index (χ3n) is 6.34. The zero-order chi connectivity index (χ0) is 23.8. The van der Waals surface area contributed by atoms with Crippen molar-refractivity contribution in [2.24, 2.45) is 5.92 Å². The van der Waals surface area contributed by atoms with Crippen LogP contribution in [-0.4, -0.2) is 55.6 Å². The number of anilines is 1. The summed E-state index contributed by atoms with van der Waals surface area (Å²) in [4.78, 5) is 45.1. The highest BCUT2D eigenvalue weighted by Crippen LogP contribution is 2.26. The smallest absolute Gasteiger partial charge is 0.280 e. The molecular weight excluding hydrogens is 443 g/mol. The molecule has 178 valence electrons. The molecule has 0 unspecified atom stereocenters. The second kappa shape index (κ2) is 8.98. The Morgan fingerprint density at radius 3 is 2.76 bits per heavy atom. The maximum atomic E-state index is 13.5. The summed E-state index contributed by atoms with van der Waals surface area (Å²) in [7, 11) is 0. The van der Waals surface area contributed by atoms with Gasteiger partial charge in [-0.25, -0.2) is 9.37 Å². The molecule has 3 aromatic heterocycles. The largest absolute Gasteiger partial charge is 0.381 e. The number of fused-ring (bicyclic) bond motifs is 2. The van der Waals surface area contributed by atoms with E-state index in [-0.39, 0.29) is 36.1 Å². The Kier molecular flexibility index (Phi) is 5.86. The Labute approximate surface area is 194 Å². The lowest BCUT2D eigenvalue weighted by atomic mass is 10.00. The minimum absolute atomic E-state index is 0.183. The maximum absolute atomic E-state index is 13.5. The third-order valence-corrected chi connectivity index (χ3v) is 6.34. The fourth-order valence-electron chi connectivity index (χ4n) is 4.56. The lowest BCUT2D eigenvalue weighted by Crippen LogP contribution is -2.33. The number of carbonyl (C=O) groups excluding carboxylic acids is 2. The molecule has 34 heavy (non-hydrogen) atoms. The molecule has 5 heterocycles. The van der Waals surface area contributed by atoms with E-state index in [1.807, 2.05) is 6.92 Å². The number of hydrogen-bond donors (Lipinski definition) is 1. The van der Waals surface area contributed by atoms with Gasteiger partial charge in [0.15, 0.2) is 0 Å². The molecule has 1 N–H and O–H groups in total. The van der Waals surface area contributed by atoms with Crippen molar-refractivity contribution in [3.8, 4) is 0 Å². The van der Waals surface area contributed by atoms with Gasteiger partial charge in [0.25, 0.3) is 11.5 Å². The quantitative estimate of drug-likeness (QED) is 0.589. The molecule has 0 bridgehead atoms. The monoisotopic (exact) mass is 468 g/mol. The average Bonchev–Trinajstić information content (AvgIpc) is 3.41. The van der Waals surface area contributed by atoms with Crippen molar-refractivity contribution >= 4 is 23.3 Å². The molecule has 1 fully saturated rings. The van der Waals surface area contributed by atoms with Crippen LogP contribution in [0.5, 0.6) is 0 Å². The minimum Gasteiger partial charge on any atom is -0.381 e. The fourth-order valence-corrected chi connectivity index (χ4v) is 4.56. The summed E-state index contributed by atoms with van der Waals surface area (Å²) in [6, 6.07) is 4.27. The number of halogens is 1. The van der Waals surface area contributed by atoms with Gasteiger partial charge in [0.05, 0.1) is 24.0 Å². The topological polar surface area (TPSA) is 111 Å². The minimum atomic E-state index is -0.514. The van der Waals surface area contributed by atoms with Gasteiger partial charge < -0.3 is 19.5 Å². The van der Waals surface area contributed by atoms with Crippen LogP contribution in [0, 0.1) is 11.7 Å². The van der Waals surface area contributed by atoms with Crippen LogP contribution in [0.25, 0.3) is 5.65 Å². The molecular formula is C23H25FN6O4. The van der Waals surface area contributed by atoms with Gasteiger partial charge in [-0.05, 0) is 37.3 Å². The van der Waals surface area contributed by atoms with Crippen molar-refractivity contribution in [2.45, 2.75) is 39.3 Å². The second-order valence-electron chi connectivity index (χ2n) is 8.63. The number of aryl methyl sites for hydroxylation is 1. The maximum Gasteiger partial charge on any atom is 0.280 e. The van der Waals surface area contributed by atoms with Crippen LogP contribution in [-0.2, 0) is 29.0 Å². The van der Waals surface area contributed by atoms with Gasteiger partial charge >= 0.3 is 0 Å². The lowest BCUT2D eigenvalue weighted by Gasteiger charge is -2.26. The highest BCUT2D eigenvalue weighted by atomic mass is 19.1. The van der Waals surface area contributed by atoms with Crippen LogP contribution >= 0.6 is 0 Å². The highest BCUT2D eigenvalue weighted by Gasteiger charge is 2.36. The van der Waals surface area contributed by atoms with Crippen LogP contribution < -0.4 is 10.9 Å². The van der Waals surface area contributed by atoms with Gasteiger partial charge in [0, 0.05) is 25.8 Å². The van der Waals surface area contributed by atoms with Crippen molar-refractivity contribution in [3.05, 3.63) is 57.5 Å². The van der Waals surface area contributed by atoms with Gasteiger partial charge in [-0.3, -0.25) is 14.4 Å². The summed E-state index contributed by atoms with van der Waals surface area (Å²) in [5, 5.41) is 7.00. The number of amides is 2. The third kappa shape index (κ3) is 4.07. The van der Waals surface area contributed by atoms with Gasteiger partial charge in [0.1, 0.15) is 29.5 Å². The average molecular weight is 468 g/mol. The standard InChI is InChI=1S/C23H25FN6O4/c1-2-16-9-20-29(13-19(31)26-18-4-3-15(24)10-25-18)21-17(22(32)30(20)27-16)12-28(23(21)33)11-14-5-7-34-8-6-14/h3-4,9-10,14H,2,5-8,11-13H2,1H3,(H,25,26,31). The number of carbonyl (C=O) groups is 2. The number of nitrogens with zero attached hydrogens (tertiary/aromatic N) is 5. The van der Waals surface area contributed by atoms with E-state index in [4.69, 9.17) is 4.74 Å². The molecule has 0 aliphatic carbocycles. The zero-order valence-electron chi connectivity index (χ0n) is 18.8. The van der Waals surface area contributed by atoms with Gasteiger partial charge in [-0.1, -0.05) is 6.92 Å².